The van der Waals surface area contributed by atoms with Crippen LogP contribution in [0.2, 0.25) is 0 Å². The third-order valence-corrected chi connectivity index (χ3v) is 2.83. The molecule has 2 aromatic heterocycles. The van der Waals surface area contributed by atoms with Crippen LogP contribution < -0.4 is 5.73 Å². The highest BCUT2D eigenvalue weighted by Gasteiger charge is 2.17. The second-order valence-corrected chi connectivity index (χ2v) is 4.21. The molecular formula is C12H10F2N4O. The number of hydrogen-bond acceptors (Lipinski definition) is 4. The molecular weight excluding hydrogens is 254 g/mol. The highest BCUT2D eigenvalue weighted by atomic mass is 19.2. The highest BCUT2D eigenvalue weighted by molar-refractivity contribution is 5.79. The van der Waals surface area contributed by atoms with Gasteiger partial charge in [-0.15, -0.1) is 0 Å². The summed E-state index contributed by atoms with van der Waals surface area (Å²) in [7, 11) is 0. The summed E-state index contributed by atoms with van der Waals surface area (Å²) in [6, 6.07) is 4.10. The van der Waals surface area contributed by atoms with Gasteiger partial charge in [-0.05, 0) is 19.1 Å². The van der Waals surface area contributed by atoms with Gasteiger partial charge in [-0.25, -0.2) is 13.8 Å². The molecule has 0 aliphatic rings. The lowest BCUT2D eigenvalue weighted by Gasteiger charge is -2.04. The van der Waals surface area contributed by atoms with Crippen molar-refractivity contribution in [2.45, 2.75) is 13.5 Å². The molecule has 0 saturated heterocycles. The molecule has 2 N–H and O–H groups in total. The summed E-state index contributed by atoms with van der Waals surface area (Å²) >= 11 is 0. The van der Waals surface area contributed by atoms with E-state index in [4.69, 9.17) is 10.3 Å². The van der Waals surface area contributed by atoms with Crippen LogP contribution in [-0.4, -0.2) is 14.7 Å². The fraction of sp³-hybridized carbons (Fsp3) is 0.167. The number of nitrogens with zero attached hydrogens (tertiary/aromatic N) is 3. The smallest absolute Gasteiger partial charge is 0.201 e. The predicted molar refractivity (Wildman–Crippen MR) is 64.4 cm³/mol. The van der Waals surface area contributed by atoms with E-state index in [2.05, 4.69) is 10.1 Å². The standard InChI is InChI=1S/C12H10F2N4O/c1-6-4-7(17-19-6)5-18-11-9(16-12(18)15)3-2-8(13)10(11)14/h2-4H,5H2,1H3,(H2,15,16). The molecule has 98 valence electrons. The SMILES string of the molecule is Cc1cc(Cn2c(N)nc3ccc(F)c(F)c32)no1. The third kappa shape index (κ3) is 1.83. The molecule has 2 heterocycles. The zero-order chi connectivity index (χ0) is 13.6. The van der Waals surface area contributed by atoms with Crippen LogP contribution in [-0.2, 0) is 6.54 Å². The van der Waals surface area contributed by atoms with Crippen molar-refractivity contribution in [3.05, 3.63) is 41.3 Å². The van der Waals surface area contributed by atoms with Gasteiger partial charge < -0.3 is 14.8 Å². The predicted octanol–water partition coefficient (Wildman–Crippen LogP) is 2.24. The van der Waals surface area contributed by atoms with Crippen molar-refractivity contribution >= 4 is 17.0 Å². The van der Waals surface area contributed by atoms with E-state index in [0.717, 1.165) is 6.07 Å². The zero-order valence-electron chi connectivity index (χ0n) is 10.0. The van der Waals surface area contributed by atoms with Crippen LogP contribution in [0.1, 0.15) is 11.5 Å². The van der Waals surface area contributed by atoms with Crippen LogP contribution in [0, 0.1) is 18.6 Å². The minimum absolute atomic E-state index is 0.0261. The number of hydrogen-bond donors (Lipinski definition) is 1. The molecule has 0 unspecified atom stereocenters. The number of anilines is 1. The van der Waals surface area contributed by atoms with E-state index < -0.39 is 11.6 Å². The lowest BCUT2D eigenvalue weighted by atomic mass is 10.3. The molecule has 19 heavy (non-hydrogen) atoms. The van der Waals surface area contributed by atoms with Gasteiger partial charge in [0.25, 0.3) is 0 Å². The lowest BCUT2D eigenvalue weighted by molar-refractivity contribution is 0.389. The van der Waals surface area contributed by atoms with Crippen LogP contribution in [0.4, 0.5) is 14.7 Å². The molecule has 0 bridgehead atoms. The van der Waals surface area contributed by atoms with Gasteiger partial charge >= 0.3 is 0 Å². The first kappa shape index (κ1) is 11.6. The summed E-state index contributed by atoms with van der Waals surface area (Å²) in [6.07, 6.45) is 0. The summed E-state index contributed by atoms with van der Waals surface area (Å²) in [5.41, 5.74) is 6.62. The Hall–Kier alpha value is -2.44. The molecule has 0 saturated carbocycles. The number of benzene rings is 1. The maximum Gasteiger partial charge on any atom is 0.201 e. The van der Waals surface area contributed by atoms with Crippen molar-refractivity contribution in [2.75, 3.05) is 5.73 Å². The van der Waals surface area contributed by atoms with Crippen molar-refractivity contribution in [1.82, 2.24) is 14.7 Å². The van der Waals surface area contributed by atoms with Crippen molar-refractivity contribution in [3.8, 4) is 0 Å². The summed E-state index contributed by atoms with van der Waals surface area (Å²) in [4.78, 5) is 3.99. The number of halogens is 2. The van der Waals surface area contributed by atoms with E-state index in [9.17, 15) is 8.78 Å². The summed E-state index contributed by atoms with van der Waals surface area (Å²) in [6.45, 7) is 1.91. The van der Waals surface area contributed by atoms with Crippen LogP contribution >= 0.6 is 0 Å². The average Bonchev–Trinajstić information content (AvgIpc) is 2.90. The largest absolute Gasteiger partial charge is 0.369 e. The molecule has 0 amide bonds. The zero-order valence-corrected chi connectivity index (χ0v) is 10.0. The summed E-state index contributed by atoms with van der Waals surface area (Å²) in [5, 5.41) is 3.80. The van der Waals surface area contributed by atoms with Crippen molar-refractivity contribution in [1.29, 1.82) is 0 Å². The van der Waals surface area contributed by atoms with Gasteiger partial charge in [0.15, 0.2) is 11.6 Å². The van der Waals surface area contributed by atoms with Gasteiger partial charge in [-0.3, -0.25) is 0 Å². The van der Waals surface area contributed by atoms with Crippen LogP contribution in [0.25, 0.3) is 11.0 Å². The maximum atomic E-state index is 13.8. The second kappa shape index (κ2) is 4.04. The Morgan fingerprint density at radius 1 is 1.37 bits per heavy atom. The fourth-order valence-electron chi connectivity index (χ4n) is 1.99. The number of imidazole rings is 1. The van der Waals surface area contributed by atoms with E-state index in [1.807, 2.05) is 0 Å². The molecule has 7 heteroatoms. The Bertz CT molecular complexity index is 763. The molecule has 1 aromatic carbocycles. The Morgan fingerprint density at radius 3 is 2.84 bits per heavy atom. The number of nitrogens with two attached hydrogens (primary N) is 1. The number of fused-ring (bicyclic) bond motifs is 1. The Labute approximate surface area is 106 Å². The molecule has 0 radical (unpaired) electrons. The van der Waals surface area contributed by atoms with Gasteiger partial charge in [0, 0.05) is 6.07 Å². The van der Waals surface area contributed by atoms with Crippen molar-refractivity contribution < 1.29 is 13.3 Å². The quantitative estimate of drug-likeness (QED) is 0.770. The lowest BCUT2D eigenvalue weighted by Crippen LogP contribution is -2.06. The molecule has 0 aliphatic heterocycles. The first-order valence-electron chi connectivity index (χ1n) is 5.58. The molecule has 5 nitrogen and oxygen atoms in total. The topological polar surface area (TPSA) is 69.9 Å². The van der Waals surface area contributed by atoms with E-state index in [-0.39, 0.29) is 18.0 Å². The van der Waals surface area contributed by atoms with Crippen molar-refractivity contribution in [2.24, 2.45) is 0 Å². The summed E-state index contributed by atoms with van der Waals surface area (Å²) in [5.74, 6) is -1.18. The van der Waals surface area contributed by atoms with Crippen LogP contribution in [0.15, 0.2) is 22.7 Å². The molecule has 0 aliphatic carbocycles. The number of aromatic nitrogens is 3. The molecule has 3 aromatic rings. The average molecular weight is 264 g/mol. The van der Waals surface area contributed by atoms with E-state index in [0.29, 0.717) is 17.0 Å². The number of aryl methyl sites for hydroxylation is 1. The Kier molecular flexibility index (Phi) is 2.48. The minimum Gasteiger partial charge on any atom is -0.369 e. The first-order valence-corrected chi connectivity index (χ1v) is 5.58. The fourth-order valence-corrected chi connectivity index (χ4v) is 1.99. The Morgan fingerprint density at radius 2 is 2.16 bits per heavy atom. The molecule has 0 atom stereocenters. The molecule has 3 rings (SSSR count). The third-order valence-electron chi connectivity index (χ3n) is 2.83. The van der Waals surface area contributed by atoms with Gasteiger partial charge in [-0.1, -0.05) is 5.16 Å². The van der Waals surface area contributed by atoms with Gasteiger partial charge in [0.1, 0.15) is 17.0 Å². The van der Waals surface area contributed by atoms with E-state index in [1.165, 1.54) is 10.6 Å². The Balaban J connectivity index is 2.17. The van der Waals surface area contributed by atoms with Crippen molar-refractivity contribution in [3.63, 3.8) is 0 Å². The van der Waals surface area contributed by atoms with Crippen LogP contribution in [0.3, 0.4) is 0 Å². The monoisotopic (exact) mass is 264 g/mol. The minimum atomic E-state index is -0.970. The first-order chi connectivity index (χ1) is 9.06. The molecule has 0 spiro atoms. The number of nitrogen functional groups attached to an aromatic ring is 1. The molecule has 0 fully saturated rings. The van der Waals surface area contributed by atoms with Gasteiger partial charge in [-0.2, -0.15) is 0 Å². The van der Waals surface area contributed by atoms with E-state index in [1.54, 1.807) is 13.0 Å². The normalized spacial score (nSPS) is 11.3. The summed E-state index contributed by atoms with van der Waals surface area (Å²) < 4.78 is 33.4. The van der Waals surface area contributed by atoms with Gasteiger partial charge in [0.2, 0.25) is 5.95 Å². The van der Waals surface area contributed by atoms with Gasteiger partial charge in [0.05, 0.1) is 12.1 Å². The van der Waals surface area contributed by atoms with E-state index >= 15 is 0 Å². The number of rotatable bonds is 2. The highest BCUT2D eigenvalue weighted by Crippen LogP contribution is 2.24. The maximum absolute atomic E-state index is 13.8. The van der Waals surface area contributed by atoms with Crippen LogP contribution in [0.5, 0.6) is 0 Å². The second-order valence-electron chi connectivity index (χ2n) is 4.21.